The maximum atomic E-state index is 13.4. The number of hydrogen-bond donors (Lipinski definition) is 0. The zero-order chi connectivity index (χ0) is 17.0. The Morgan fingerprint density at radius 1 is 1.29 bits per heavy atom. The summed E-state index contributed by atoms with van der Waals surface area (Å²) in [6, 6.07) is 6.36. The summed E-state index contributed by atoms with van der Waals surface area (Å²) in [5.41, 5.74) is 0.791. The molecule has 132 valence electrons. The van der Waals surface area contributed by atoms with Gasteiger partial charge in [0.15, 0.2) is 0 Å². The Morgan fingerprint density at radius 3 is 2.79 bits per heavy atom. The zero-order valence-corrected chi connectivity index (χ0v) is 14.5. The van der Waals surface area contributed by atoms with E-state index in [1.54, 1.807) is 6.07 Å². The van der Waals surface area contributed by atoms with E-state index in [0.29, 0.717) is 0 Å². The number of rotatable bonds is 3. The Balaban J connectivity index is 1.73. The van der Waals surface area contributed by atoms with Crippen LogP contribution in [0.2, 0.25) is 0 Å². The first-order valence-corrected chi connectivity index (χ1v) is 8.98. The lowest BCUT2D eigenvalue weighted by Crippen LogP contribution is -2.57. The van der Waals surface area contributed by atoms with Crippen LogP contribution in [-0.4, -0.2) is 60.6 Å². The van der Waals surface area contributed by atoms with Crippen LogP contribution in [0.25, 0.3) is 0 Å². The number of amides is 1. The second kappa shape index (κ2) is 7.62. The van der Waals surface area contributed by atoms with E-state index in [1.807, 2.05) is 11.0 Å². The molecule has 1 aromatic rings. The molecule has 0 aliphatic carbocycles. The smallest absolute Gasteiger partial charge is 0.227 e. The van der Waals surface area contributed by atoms with Gasteiger partial charge in [-0.25, -0.2) is 4.39 Å². The van der Waals surface area contributed by atoms with Crippen LogP contribution in [0, 0.1) is 5.82 Å². The molecule has 0 saturated carbocycles. The number of carbonyl (C=O) groups is 1. The lowest BCUT2D eigenvalue weighted by molar-refractivity contribution is -0.133. The molecule has 0 unspecified atom stereocenters. The molecule has 2 heterocycles. The summed E-state index contributed by atoms with van der Waals surface area (Å²) >= 11 is 0. The quantitative estimate of drug-likeness (QED) is 0.851. The number of likely N-dealkylation sites (N-methyl/N-ethyl adjacent to an activating group) is 1. The minimum Gasteiger partial charge on any atom is -0.381 e. The lowest BCUT2D eigenvalue weighted by atomic mass is 9.87. The second-order valence-electron chi connectivity index (χ2n) is 6.89. The van der Waals surface area contributed by atoms with Crippen molar-refractivity contribution in [2.45, 2.75) is 38.1 Å². The number of halogens is 1. The predicted molar refractivity (Wildman–Crippen MR) is 91.3 cm³/mol. The van der Waals surface area contributed by atoms with E-state index in [-0.39, 0.29) is 23.7 Å². The monoisotopic (exact) mass is 334 g/mol. The summed E-state index contributed by atoms with van der Waals surface area (Å²) in [7, 11) is 0. The van der Waals surface area contributed by atoms with Crippen molar-refractivity contribution in [3.63, 3.8) is 0 Å². The average molecular weight is 334 g/mol. The fraction of sp³-hybridized carbons (Fsp3) is 0.632. The molecule has 24 heavy (non-hydrogen) atoms. The molecule has 4 nitrogen and oxygen atoms in total. The molecule has 5 heteroatoms. The van der Waals surface area contributed by atoms with Crippen molar-refractivity contribution >= 4 is 5.91 Å². The van der Waals surface area contributed by atoms with Gasteiger partial charge in [0.25, 0.3) is 0 Å². The Bertz CT molecular complexity index is 572. The highest BCUT2D eigenvalue weighted by Crippen LogP contribution is 2.31. The third-order valence-corrected chi connectivity index (χ3v) is 5.41. The average Bonchev–Trinajstić information content (AvgIpc) is 2.75. The van der Waals surface area contributed by atoms with Crippen LogP contribution in [0.1, 0.15) is 31.7 Å². The Kier molecular flexibility index (Phi) is 5.51. The van der Waals surface area contributed by atoms with Gasteiger partial charge in [0.2, 0.25) is 5.91 Å². The van der Waals surface area contributed by atoms with Crippen LogP contribution in [0.15, 0.2) is 24.3 Å². The van der Waals surface area contributed by atoms with Gasteiger partial charge in [0.1, 0.15) is 5.82 Å². The van der Waals surface area contributed by atoms with Gasteiger partial charge >= 0.3 is 0 Å². The molecular weight excluding hydrogens is 307 g/mol. The fourth-order valence-corrected chi connectivity index (χ4v) is 4.09. The SMILES string of the molecule is CCN1CCCN(C(=O)Cc2cccc(F)c2)CC12CCOCC2. The first-order valence-electron chi connectivity index (χ1n) is 8.98. The van der Waals surface area contributed by atoms with Gasteiger partial charge in [-0.1, -0.05) is 19.1 Å². The molecule has 0 radical (unpaired) electrons. The summed E-state index contributed by atoms with van der Waals surface area (Å²) < 4.78 is 18.9. The Labute approximate surface area is 143 Å². The van der Waals surface area contributed by atoms with Crippen molar-refractivity contribution in [2.75, 3.05) is 39.4 Å². The second-order valence-corrected chi connectivity index (χ2v) is 6.89. The van der Waals surface area contributed by atoms with Gasteiger partial charge < -0.3 is 9.64 Å². The maximum absolute atomic E-state index is 13.4. The van der Waals surface area contributed by atoms with Crippen molar-refractivity contribution < 1.29 is 13.9 Å². The third-order valence-electron chi connectivity index (χ3n) is 5.41. The summed E-state index contributed by atoms with van der Waals surface area (Å²) in [6.07, 6.45) is 3.22. The van der Waals surface area contributed by atoms with Gasteiger partial charge in [0.05, 0.1) is 6.42 Å². The van der Waals surface area contributed by atoms with E-state index in [0.717, 1.165) is 64.2 Å². The van der Waals surface area contributed by atoms with Crippen LogP contribution in [-0.2, 0) is 16.0 Å². The Hall–Kier alpha value is -1.46. The highest BCUT2D eigenvalue weighted by Gasteiger charge is 2.41. The van der Waals surface area contributed by atoms with Crippen LogP contribution in [0.5, 0.6) is 0 Å². The molecule has 1 aromatic carbocycles. The molecular formula is C19H27FN2O2. The van der Waals surface area contributed by atoms with Crippen molar-refractivity contribution in [2.24, 2.45) is 0 Å². The van der Waals surface area contributed by atoms with Gasteiger partial charge in [0, 0.05) is 38.4 Å². The van der Waals surface area contributed by atoms with Crippen molar-refractivity contribution in [3.05, 3.63) is 35.6 Å². The summed E-state index contributed by atoms with van der Waals surface area (Å²) in [5.74, 6) is -0.182. The third kappa shape index (κ3) is 3.78. The molecule has 1 spiro atoms. The highest BCUT2D eigenvalue weighted by molar-refractivity contribution is 5.79. The molecule has 0 atom stereocenters. The summed E-state index contributed by atoms with van der Waals surface area (Å²) in [4.78, 5) is 17.3. The Morgan fingerprint density at radius 2 is 2.08 bits per heavy atom. The van der Waals surface area contributed by atoms with Crippen molar-refractivity contribution in [1.82, 2.24) is 9.80 Å². The van der Waals surface area contributed by atoms with Gasteiger partial charge in [-0.3, -0.25) is 9.69 Å². The van der Waals surface area contributed by atoms with Crippen LogP contribution >= 0.6 is 0 Å². The molecule has 2 aliphatic rings. The zero-order valence-electron chi connectivity index (χ0n) is 14.5. The number of carbonyl (C=O) groups excluding carboxylic acids is 1. The standard InChI is InChI=1S/C19H27FN2O2/c1-2-22-10-4-9-21(15-19(22)7-11-24-12-8-19)18(23)14-16-5-3-6-17(20)13-16/h3,5-6,13H,2,4,7-12,14-15H2,1H3. The van der Waals surface area contributed by atoms with E-state index < -0.39 is 0 Å². The number of ether oxygens (including phenoxy) is 1. The van der Waals surface area contributed by atoms with E-state index in [9.17, 15) is 9.18 Å². The minimum absolute atomic E-state index is 0.0428. The highest BCUT2D eigenvalue weighted by atomic mass is 19.1. The first-order chi connectivity index (χ1) is 11.6. The number of nitrogens with zero attached hydrogens (tertiary/aromatic N) is 2. The van der Waals surface area contributed by atoms with E-state index >= 15 is 0 Å². The van der Waals surface area contributed by atoms with Crippen molar-refractivity contribution in [3.8, 4) is 0 Å². The molecule has 3 rings (SSSR count). The molecule has 0 aromatic heterocycles. The minimum atomic E-state index is -0.283. The van der Waals surface area contributed by atoms with E-state index in [2.05, 4.69) is 11.8 Å². The van der Waals surface area contributed by atoms with Gasteiger partial charge in [-0.2, -0.15) is 0 Å². The largest absolute Gasteiger partial charge is 0.381 e. The lowest BCUT2D eigenvalue weighted by Gasteiger charge is -2.46. The summed E-state index contributed by atoms with van der Waals surface area (Å²) in [6.45, 7) is 7.31. The van der Waals surface area contributed by atoms with Gasteiger partial charge in [-0.05, 0) is 43.5 Å². The molecule has 2 aliphatic heterocycles. The van der Waals surface area contributed by atoms with Crippen LogP contribution in [0.4, 0.5) is 4.39 Å². The topological polar surface area (TPSA) is 32.8 Å². The fourth-order valence-electron chi connectivity index (χ4n) is 4.09. The van der Waals surface area contributed by atoms with Gasteiger partial charge in [-0.15, -0.1) is 0 Å². The molecule has 1 amide bonds. The molecule has 2 saturated heterocycles. The number of benzene rings is 1. The van der Waals surface area contributed by atoms with Crippen molar-refractivity contribution in [1.29, 1.82) is 0 Å². The maximum Gasteiger partial charge on any atom is 0.227 e. The van der Waals surface area contributed by atoms with Crippen LogP contribution < -0.4 is 0 Å². The van der Waals surface area contributed by atoms with E-state index in [4.69, 9.17) is 4.74 Å². The molecule has 0 N–H and O–H groups in total. The normalized spacial score (nSPS) is 21.7. The van der Waals surface area contributed by atoms with Crippen LogP contribution in [0.3, 0.4) is 0 Å². The number of hydrogen-bond acceptors (Lipinski definition) is 3. The molecule has 2 fully saturated rings. The van der Waals surface area contributed by atoms with E-state index in [1.165, 1.54) is 12.1 Å². The molecule has 0 bridgehead atoms. The first kappa shape index (κ1) is 17.4. The predicted octanol–water partition coefficient (Wildman–Crippen LogP) is 2.47. The summed E-state index contributed by atoms with van der Waals surface area (Å²) in [5, 5.41) is 0.